The summed E-state index contributed by atoms with van der Waals surface area (Å²) in [6.07, 6.45) is 0. The van der Waals surface area contributed by atoms with E-state index in [-0.39, 0.29) is 5.91 Å². The van der Waals surface area contributed by atoms with Gasteiger partial charge in [-0.05, 0) is 37.6 Å². The minimum atomic E-state index is -0.905. The highest BCUT2D eigenvalue weighted by molar-refractivity contribution is 8.00. The predicted molar refractivity (Wildman–Crippen MR) is 103 cm³/mol. The third kappa shape index (κ3) is 5.26. The quantitative estimate of drug-likeness (QED) is 0.715. The first-order valence-electron chi connectivity index (χ1n) is 8.32. The maximum atomic E-state index is 12.7. The first kappa shape index (κ1) is 19.8. The van der Waals surface area contributed by atoms with E-state index in [0.29, 0.717) is 23.6 Å². The van der Waals surface area contributed by atoms with Crippen LogP contribution in [0.25, 0.3) is 0 Å². The number of benzene rings is 2. The lowest BCUT2D eigenvalue weighted by Gasteiger charge is -2.20. The Bertz CT molecular complexity index is 778. The highest BCUT2D eigenvalue weighted by atomic mass is 32.2. The molecular weight excluding hydrogens is 350 g/mol. The van der Waals surface area contributed by atoms with Crippen LogP contribution in [-0.4, -0.2) is 47.3 Å². The molecule has 0 aliphatic carbocycles. The summed E-state index contributed by atoms with van der Waals surface area (Å²) in [5, 5.41) is 8.47. The number of thioether (sulfide) groups is 1. The molecule has 0 aromatic heterocycles. The summed E-state index contributed by atoms with van der Waals surface area (Å²) >= 11 is 1.17. The lowest BCUT2D eigenvalue weighted by atomic mass is 10.2. The summed E-state index contributed by atoms with van der Waals surface area (Å²) in [5.41, 5.74) is 1.55. The lowest BCUT2D eigenvalue weighted by molar-refractivity contribution is -0.136. The third-order valence-electron chi connectivity index (χ3n) is 3.89. The maximum absolute atomic E-state index is 12.7. The Morgan fingerprint density at radius 2 is 1.81 bits per heavy atom. The third-order valence-corrected chi connectivity index (χ3v) is 5.06. The minimum Gasteiger partial charge on any atom is -0.491 e. The fourth-order valence-corrected chi connectivity index (χ4v) is 3.23. The van der Waals surface area contributed by atoms with Crippen molar-refractivity contribution in [3.05, 3.63) is 59.7 Å². The van der Waals surface area contributed by atoms with Crippen LogP contribution in [0.1, 0.15) is 22.8 Å². The molecule has 0 aliphatic heterocycles. The van der Waals surface area contributed by atoms with Gasteiger partial charge < -0.3 is 14.7 Å². The number of aryl methyl sites for hydroxylation is 1. The average molecular weight is 373 g/mol. The van der Waals surface area contributed by atoms with Crippen LogP contribution in [0.15, 0.2) is 53.4 Å². The number of amides is 1. The molecule has 6 heteroatoms. The number of rotatable bonds is 8. The van der Waals surface area contributed by atoms with Gasteiger partial charge in [-0.1, -0.05) is 30.3 Å². The molecule has 0 bridgehead atoms. The van der Waals surface area contributed by atoms with Crippen molar-refractivity contribution in [2.24, 2.45) is 0 Å². The minimum absolute atomic E-state index is 0.154. The van der Waals surface area contributed by atoms with Gasteiger partial charge in [-0.3, -0.25) is 9.59 Å². The molecule has 0 saturated heterocycles. The summed E-state index contributed by atoms with van der Waals surface area (Å²) in [6, 6.07) is 14.8. The van der Waals surface area contributed by atoms with Crippen molar-refractivity contribution >= 4 is 23.6 Å². The molecule has 0 radical (unpaired) electrons. The zero-order valence-electron chi connectivity index (χ0n) is 15.1. The second-order valence-electron chi connectivity index (χ2n) is 5.94. The Balaban J connectivity index is 1.99. The molecule has 0 fully saturated rings. The van der Waals surface area contributed by atoms with E-state index in [1.165, 1.54) is 11.8 Å². The van der Waals surface area contributed by atoms with E-state index in [0.717, 1.165) is 11.3 Å². The van der Waals surface area contributed by atoms with Crippen LogP contribution >= 0.6 is 11.8 Å². The molecule has 1 N–H and O–H groups in total. The van der Waals surface area contributed by atoms with Crippen molar-refractivity contribution in [1.82, 2.24) is 4.90 Å². The number of ether oxygens (including phenoxy) is 1. The number of nitrogens with zero attached hydrogens (tertiary/aromatic N) is 1. The van der Waals surface area contributed by atoms with Crippen molar-refractivity contribution in [3.63, 3.8) is 0 Å². The monoisotopic (exact) mass is 373 g/mol. The Hall–Kier alpha value is -2.47. The van der Waals surface area contributed by atoms with Crippen molar-refractivity contribution in [1.29, 1.82) is 0 Å². The average Bonchev–Trinajstić information content (AvgIpc) is 2.63. The van der Waals surface area contributed by atoms with Crippen molar-refractivity contribution in [3.8, 4) is 5.75 Å². The standard InChI is InChI=1S/C20H23NO4S/c1-14-8-4-6-10-17(14)25-13-12-21(3)19(22)16-9-5-7-11-18(16)26-15(2)20(23)24/h4-11,15H,12-13H2,1-3H3,(H,23,24). The van der Waals surface area contributed by atoms with Crippen LogP contribution in [0, 0.1) is 6.92 Å². The number of carbonyl (C=O) groups is 2. The molecule has 2 aromatic rings. The van der Waals surface area contributed by atoms with E-state index in [2.05, 4.69) is 0 Å². The summed E-state index contributed by atoms with van der Waals surface area (Å²) in [4.78, 5) is 26.1. The van der Waals surface area contributed by atoms with Crippen molar-refractivity contribution < 1.29 is 19.4 Å². The fraction of sp³-hybridized carbons (Fsp3) is 0.300. The molecular formula is C20H23NO4S. The molecule has 5 nitrogen and oxygen atoms in total. The molecule has 0 heterocycles. The zero-order valence-corrected chi connectivity index (χ0v) is 16.0. The molecule has 2 aromatic carbocycles. The topological polar surface area (TPSA) is 66.8 Å². The number of likely N-dealkylation sites (N-methyl/N-ethyl adjacent to an activating group) is 1. The van der Waals surface area contributed by atoms with Gasteiger partial charge in [-0.25, -0.2) is 0 Å². The first-order valence-corrected chi connectivity index (χ1v) is 9.20. The first-order chi connectivity index (χ1) is 12.4. The SMILES string of the molecule is Cc1ccccc1OCCN(C)C(=O)c1ccccc1SC(C)C(=O)O. The zero-order chi connectivity index (χ0) is 19.1. The van der Waals surface area contributed by atoms with Gasteiger partial charge >= 0.3 is 5.97 Å². The van der Waals surface area contributed by atoms with Gasteiger partial charge in [0.2, 0.25) is 0 Å². The van der Waals surface area contributed by atoms with E-state index in [4.69, 9.17) is 9.84 Å². The number of carboxylic acid groups (broad SMARTS) is 1. The number of para-hydroxylation sites is 1. The lowest BCUT2D eigenvalue weighted by Crippen LogP contribution is -2.31. The summed E-state index contributed by atoms with van der Waals surface area (Å²) < 4.78 is 5.74. The second-order valence-corrected chi connectivity index (χ2v) is 7.32. The number of hydrogen-bond acceptors (Lipinski definition) is 4. The van der Waals surface area contributed by atoms with Crippen LogP contribution in [0.2, 0.25) is 0 Å². The molecule has 138 valence electrons. The fourth-order valence-electron chi connectivity index (χ4n) is 2.31. The molecule has 26 heavy (non-hydrogen) atoms. The number of carbonyl (C=O) groups excluding carboxylic acids is 1. The van der Waals surface area contributed by atoms with Crippen molar-refractivity contribution in [2.75, 3.05) is 20.2 Å². The molecule has 0 spiro atoms. The van der Waals surface area contributed by atoms with Crippen LogP contribution in [-0.2, 0) is 4.79 Å². The molecule has 0 saturated carbocycles. The van der Waals surface area contributed by atoms with Gasteiger partial charge in [0.1, 0.15) is 17.6 Å². The molecule has 0 aliphatic rings. The van der Waals surface area contributed by atoms with Crippen LogP contribution in [0.5, 0.6) is 5.75 Å². The second kappa shape index (κ2) is 9.29. The molecule has 1 atom stereocenters. The van der Waals surface area contributed by atoms with E-state index in [1.54, 1.807) is 43.1 Å². The Labute approximate surface area is 158 Å². The van der Waals surface area contributed by atoms with Crippen LogP contribution < -0.4 is 4.74 Å². The highest BCUT2D eigenvalue weighted by Crippen LogP contribution is 2.27. The molecule has 1 amide bonds. The van der Waals surface area contributed by atoms with Gasteiger partial charge in [0.15, 0.2) is 0 Å². The Kier molecular flexibility index (Phi) is 7.09. The molecule has 1 unspecified atom stereocenters. The van der Waals surface area contributed by atoms with Gasteiger partial charge in [-0.15, -0.1) is 11.8 Å². The van der Waals surface area contributed by atoms with Crippen molar-refractivity contribution in [2.45, 2.75) is 24.0 Å². The maximum Gasteiger partial charge on any atom is 0.316 e. The van der Waals surface area contributed by atoms with E-state index >= 15 is 0 Å². The smallest absolute Gasteiger partial charge is 0.316 e. The van der Waals surface area contributed by atoms with Gasteiger partial charge in [-0.2, -0.15) is 0 Å². The summed E-state index contributed by atoms with van der Waals surface area (Å²) in [7, 11) is 1.71. The predicted octanol–water partition coefficient (Wildman–Crippen LogP) is 3.71. The normalized spacial score (nSPS) is 11.7. The van der Waals surface area contributed by atoms with Crippen LogP contribution in [0.4, 0.5) is 0 Å². The Morgan fingerprint density at radius 3 is 2.50 bits per heavy atom. The summed E-state index contributed by atoms with van der Waals surface area (Å²) in [5.74, 6) is -0.254. The number of carboxylic acids is 1. The number of hydrogen-bond donors (Lipinski definition) is 1. The van der Waals surface area contributed by atoms with Gasteiger partial charge in [0, 0.05) is 11.9 Å². The summed E-state index contributed by atoms with van der Waals surface area (Å²) in [6.45, 7) is 4.39. The van der Waals surface area contributed by atoms with E-state index in [9.17, 15) is 9.59 Å². The largest absolute Gasteiger partial charge is 0.491 e. The van der Waals surface area contributed by atoms with Gasteiger partial charge in [0.25, 0.3) is 5.91 Å². The van der Waals surface area contributed by atoms with Gasteiger partial charge in [0.05, 0.1) is 12.1 Å². The number of aliphatic carboxylic acids is 1. The van der Waals surface area contributed by atoms with E-state index in [1.807, 2.05) is 31.2 Å². The van der Waals surface area contributed by atoms with Crippen LogP contribution in [0.3, 0.4) is 0 Å². The Morgan fingerprint density at radius 1 is 1.15 bits per heavy atom. The molecule has 2 rings (SSSR count). The van der Waals surface area contributed by atoms with E-state index < -0.39 is 11.2 Å². The highest BCUT2D eigenvalue weighted by Gasteiger charge is 2.20.